The molecule has 1 fully saturated rings. The van der Waals surface area contributed by atoms with Crippen LogP contribution in [0.25, 0.3) is 0 Å². The molecule has 2 aromatic rings. The maximum atomic E-state index is 12.1. The molecule has 1 aliphatic rings. The number of hydrogen-bond acceptors (Lipinski definition) is 3. The van der Waals surface area contributed by atoms with Gasteiger partial charge in [0.05, 0.1) is 0 Å². The predicted molar refractivity (Wildman–Crippen MR) is 93.1 cm³/mol. The Morgan fingerprint density at radius 1 is 1.30 bits per heavy atom. The van der Waals surface area contributed by atoms with Gasteiger partial charge in [0.15, 0.2) is 0 Å². The van der Waals surface area contributed by atoms with Crippen LogP contribution in [-0.4, -0.2) is 39.7 Å². The van der Waals surface area contributed by atoms with E-state index in [0.29, 0.717) is 5.69 Å². The molecule has 0 spiro atoms. The maximum Gasteiger partial charge on any atom is 0.271 e. The SMILES string of the molecule is Cn1ccc(C(=O)NC2CCN(Cc3ccccc3Br)CC2)n1. The second-order valence-corrected chi connectivity index (χ2v) is 6.84. The van der Waals surface area contributed by atoms with Gasteiger partial charge in [0, 0.05) is 43.4 Å². The first-order chi connectivity index (χ1) is 11.1. The molecule has 0 radical (unpaired) electrons. The molecule has 1 aliphatic heterocycles. The second-order valence-electron chi connectivity index (χ2n) is 5.99. The van der Waals surface area contributed by atoms with Crippen molar-refractivity contribution in [1.82, 2.24) is 20.0 Å². The summed E-state index contributed by atoms with van der Waals surface area (Å²) in [6.45, 7) is 2.94. The molecular weight excluding hydrogens is 356 g/mol. The molecule has 122 valence electrons. The Morgan fingerprint density at radius 2 is 2.04 bits per heavy atom. The van der Waals surface area contributed by atoms with Crippen LogP contribution in [0.1, 0.15) is 28.9 Å². The minimum absolute atomic E-state index is 0.0742. The molecule has 0 bridgehead atoms. The van der Waals surface area contributed by atoms with Gasteiger partial charge in [-0.2, -0.15) is 5.10 Å². The molecule has 23 heavy (non-hydrogen) atoms. The van der Waals surface area contributed by atoms with Crippen LogP contribution in [0, 0.1) is 0 Å². The first-order valence-corrected chi connectivity index (χ1v) is 8.67. The van der Waals surface area contributed by atoms with Crippen LogP contribution in [0.15, 0.2) is 41.0 Å². The lowest BCUT2D eigenvalue weighted by atomic mass is 10.0. The number of aromatic nitrogens is 2. The zero-order valence-corrected chi connectivity index (χ0v) is 14.8. The maximum absolute atomic E-state index is 12.1. The lowest BCUT2D eigenvalue weighted by Gasteiger charge is -2.32. The number of piperidine rings is 1. The van der Waals surface area contributed by atoms with Gasteiger partial charge in [-0.3, -0.25) is 14.4 Å². The van der Waals surface area contributed by atoms with Gasteiger partial charge in [0.1, 0.15) is 5.69 Å². The number of likely N-dealkylation sites (tertiary alicyclic amines) is 1. The van der Waals surface area contributed by atoms with Gasteiger partial charge in [-0.25, -0.2) is 0 Å². The highest BCUT2D eigenvalue weighted by molar-refractivity contribution is 9.10. The lowest BCUT2D eigenvalue weighted by Crippen LogP contribution is -2.44. The minimum Gasteiger partial charge on any atom is -0.348 e. The van der Waals surface area contributed by atoms with Crippen molar-refractivity contribution in [1.29, 1.82) is 0 Å². The highest BCUT2D eigenvalue weighted by Gasteiger charge is 2.22. The summed E-state index contributed by atoms with van der Waals surface area (Å²) >= 11 is 3.60. The normalized spacial score (nSPS) is 16.4. The first-order valence-electron chi connectivity index (χ1n) is 7.88. The summed E-state index contributed by atoms with van der Waals surface area (Å²) in [6.07, 6.45) is 3.74. The molecule has 0 aliphatic carbocycles. The van der Waals surface area contributed by atoms with E-state index >= 15 is 0 Å². The smallest absolute Gasteiger partial charge is 0.271 e. The number of nitrogens with one attached hydrogen (secondary N) is 1. The summed E-state index contributed by atoms with van der Waals surface area (Å²) in [7, 11) is 1.82. The van der Waals surface area contributed by atoms with Crippen molar-refractivity contribution < 1.29 is 4.79 Å². The molecular formula is C17H21BrN4O. The molecule has 1 amide bonds. The van der Waals surface area contributed by atoms with Crippen molar-refractivity contribution in [2.45, 2.75) is 25.4 Å². The van der Waals surface area contributed by atoms with E-state index in [2.05, 4.69) is 49.4 Å². The summed E-state index contributed by atoms with van der Waals surface area (Å²) in [4.78, 5) is 14.6. The Balaban J connectivity index is 1.49. The second kappa shape index (κ2) is 7.27. The van der Waals surface area contributed by atoms with Crippen LogP contribution in [0.5, 0.6) is 0 Å². The number of amides is 1. The summed E-state index contributed by atoms with van der Waals surface area (Å²) in [5.74, 6) is -0.0742. The predicted octanol–water partition coefficient (Wildman–Crippen LogP) is 2.58. The van der Waals surface area contributed by atoms with Crippen LogP contribution in [-0.2, 0) is 13.6 Å². The van der Waals surface area contributed by atoms with E-state index in [1.807, 2.05) is 13.1 Å². The average Bonchev–Trinajstić information content (AvgIpc) is 2.98. The van der Waals surface area contributed by atoms with Crippen LogP contribution in [0.2, 0.25) is 0 Å². The summed E-state index contributed by atoms with van der Waals surface area (Å²) < 4.78 is 2.81. The molecule has 0 unspecified atom stereocenters. The van der Waals surface area contributed by atoms with Crippen molar-refractivity contribution in [2.24, 2.45) is 7.05 Å². The van der Waals surface area contributed by atoms with Crippen molar-refractivity contribution in [3.8, 4) is 0 Å². The standard InChI is InChI=1S/C17H21BrN4O/c1-21-9-8-16(20-21)17(23)19-14-6-10-22(11-7-14)12-13-4-2-3-5-15(13)18/h2-5,8-9,14H,6-7,10-12H2,1H3,(H,19,23). The van der Waals surface area contributed by atoms with Gasteiger partial charge in [-0.05, 0) is 30.5 Å². The number of nitrogens with zero attached hydrogens (tertiary/aromatic N) is 3. The fourth-order valence-corrected chi connectivity index (χ4v) is 3.31. The van der Waals surface area contributed by atoms with E-state index in [1.165, 1.54) is 5.56 Å². The molecule has 3 rings (SSSR count). The first kappa shape index (κ1) is 16.2. The van der Waals surface area contributed by atoms with Gasteiger partial charge in [0.25, 0.3) is 5.91 Å². The highest BCUT2D eigenvalue weighted by Crippen LogP contribution is 2.20. The Bertz CT molecular complexity index is 677. The molecule has 1 aromatic carbocycles. The Hall–Kier alpha value is -1.66. The van der Waals surface area contributed by atoms with E-state index in [0.717, 1.165) is 36.9 Å². The van der Waals surface area contributed by atoms with Crippen LogP contribution < -0.4 is 5.32 Å². The third kappa shape index (κ3) is 4.20. The molecule has 0 saturated carbocycles. The van der Waals surface area contributed by atoms with E-state index in [9.17, 15) is 4.79 Å². The van der Waals surface area contributed by atoms with Crippen molar-refractivity contribution in [3.05, 3.63) is 52.3 Å². The number of carbonyl (C=O) groups excluding carboxylic acids is 1. The summed E-state index contributed by atoms with van der Waals surface area (Å²) in [5.41, 5.74) is 1.80. The number of rotatable bonds is 4. The van der Waals surface area contributed by atoms with Crippen LogP contribution >= 0.6 is 15.9 Å². The minimum atomic E-state index is -0.0742. The molecule has 2 heterocycles. The van der Waals surface area contributed by atoms with E-state index in [-0.39, 0.29) is 11.9 Å². The molecule has 1 aromatic heterocycles. The van der Waals surface area contributed by atoms with Crippen molar-refractivity contribution >= 4 is 21.8 Å². The molecule has 1 saturated heterocycles. The Labute approximate surface area is 144 Å². The zero-order chi connectivity index (χ0) is 16.2. The molecule has 6 heteroatoms. The molecule has 5 nitrogen and oxygen atoms in total. The summed E-state index contributed by atoms with van der Waals surface area (Å²) in [6, 6.07) is 10.3. The van der Waals surface area contributed by atoms with Gasteiger partial charge >= 0.3 is 0 Å². The monoisotopic (exact) mass is 376 g/mol. The highest BCUT2D eigenvalue weighted by atomic mass is 79.9. The lowest BCUT2D eigenvalue weighted by molar-refractivity contribution is 0.0903. The van der Waals surface area contributed by atoms with Gasteiger partial charge in [-0.1, -0.05) is 34.1 Å². The molecule has 1 N–H and O–H groups in total. The third-order valence-electron chi connectivity index (χ3n) is 4.22. The Kier molecular flexibility index (Phi) is 5.13. The largest absolute Gasteiger partial charge is 0.348 e. The number of hydrogen-bond donors (Lipinski definition) is 1. The third-order valence-corrected chi connectivity index (χ3v) is 4.99. The number of aryl methyl sites for hydroxylation is 1. The Morgan fingerprint density at radius 3 is 2.70 bits per heavy atom. The van der Waals surface area contributed by atoms with Crippen LogP contribution in [0.4, 0.5) is 0 Å². The number of benzene rings is 1. The van der Waals surface area contributed by atoms with Gasteiger partial charge < -0.3 is 5.32 Å². The van der Waals surface area contributed by atoms with Crippen LogP contribution in [0.3, 0.4) is 0 Å². The van der Waals surface area contributed by atoms with Crippen molar-refractivity contribution in [2.75, 3.05) is 13.1 Å². The molecule has 0 atom stereocenters. The van der Waals surface area contributed by atoms with Crippen molar-refractivity contribution in [3.63, 3.8) is 0 Å². The zero-order valence-electron chi connectivity index (χ0n) is 13.2. The van der Waals surface area contributed by atoms with Gasteiger partial charge in [0.2, 0.25) is 0 Å². The fraction of sp³-hybridized carbons (Fsp3) is 0.412. The van der Waals surface area contributed by atoms with E-state index < -0.39 is 0 Å². The number of halogens is 1. The summed E-state index contributed by atoms with van der Waals surface area (Å²) in [5, 5.41) is 7.24. The van der Waals surface area contributed by atoms with E-state index in [1.54, 1.807) is 16.9 Å². The van der Waals surface area contributed by atoms with Gasteiger partial charge in [-0.15, -0.1) is 0 Å². The average molecular weight is 377 g/mol. The topological polar surface area (TPSA) is 50.2 Å². The fourth-order valence-electron chi connectivity index (χ4n) is 2.90. The number of carbonyl (C=O) groups is 1. The quantitative estimate of drug-likeness (QED) is 0.891. The van der Waals surface area contributed by atoms with E-state index in [4.69, 9.17) is 0 Å².